The van der Waals surface area contributed by atoms with Gasteiger partial charge in [-0.3, -0.25) is 9.59 Å². The number of rotatable bonds is 7. The Morgan fingerprint density at radius 1 is 1.18 bits per heavy atom. The molecular weight excluding hydrogens is 360 g/mol. The number of aliphatic carboxylic acids is 1. The summed E-state index contributed by atoms with van der Waals surface area (Å²) in [6.07, 6.45) is 1.67. The lowest BCUT2D eigenvalue weighted by atomic mass is 10.1. The SMILES string of the molecule is COc1cccc(-c2occc2C(=O)Nc2ccc(C[C@H](N)C(=O)O)cc2)c1. The highest BCUT2D eigenvalue weighted by molar-refractivity contribution is 6.07. The van der Waals surface area contributed by atoms with Crippen LogP contribution < -0.4 is 15.8 Å². The number of carbonyl (C=O) groups excluding carboxylic acids is 1. The Hall–Kier alpha value is -3.58. The summed E-state index contributed by atoms with van der Waals surface area (Å²) in [6, 6.07) is 14.8. The molecule has 0 saturated carbocycles. The van der Waals surface area contributed by atoms with Gasteiger partial charge in [-0.1, -0.05) is 24.3 Å². The van der Waals surface area contributed by atoms with Gasteiger partial charge in [-0.15, -0.1) is 0 Å². The van der Waals surface area contributed by atoms with Gasteiger partial charge in [0.2, 0.25) is 0 Å². The van der Waals surface area contributed by atoms with Gasteiger partial charge in [0.25, 0.3) is 5.91 Å². The molecule has 144 valence electrons. The second-order valence-electron chi connectivity index (χ2n) is 6.20. The molecule has 28 heavy (non-hydrogen) atoms. The van der Waals surface area contributed by atoms with Crippen molar-refractivity contribution in [3.63, 3.8) is 0 Å². The fraction of sp³-hybridized carbons (Fsp3) is 0.143. The highest BCUT2D eigenvalue weighted by Crippen LogP contribution is 2.28. The molecule has 2 aromatic carbocycles. The first-order chi connectivity index (χ1) is 13.5. The lowest BCUT2D eigenvalue weighted by molar-refractivity contribution is -0.138. The first-order valence-electron chi connectivity index (χ1n) is 8.58. The summed E-state index contributed by atoms with van der Waals surface area (Å²) in [5.74, 6) is -0.264. The third kappa shape index (κ3) is 4.39. The van der Waals surface area contributed by atoms with Crippen LogP contribution in [0.4, 0.5) is 5.69 Å². The van der Waals surface area contributed by atoms with E-state index in [4.69, 9.17) is 20.0 Å². The molecule has 7 heteroatoms. The number of methoxy groups -OCH3 is 1. The van der Waals surface area contributed by atoms with Crippen molar-refractivity contribution in [3.8, 4) is 17.1 Å². The van der Waals surface area contributed by atoms with Crippen LogP contribution in [0.25, 0.3) is 11.3 Å². The van der Waals surface area contributed by atoms with E-state index in [0.29, 0.717) is 22.8 Å². The second-order valence-corrected chi connectivity index (χ2v) is 6.20. The van der Waals surface area contributed by atoms with Crippen molar-refractivity contribution in [1.29, 1.82) is 0 Å². The van der Waals surface area contributed by atoms with Crippen LogP contribution in [-0.4, -0.2) is 30.1 Å². The van der Waals surface area contributed by atoms with Gasteiger partial charge in [-0.25, -0.2) is 0 Å². The number of benzene rings is 2. The summed E-state index contributed by atoms with van der Waals surface area (Å²) >= 11 is 0. The molecule has 1 amide bonds. The molecule has 0 unspecified atom stereocenters. The van der Waals surface area contributed by atoms with Crippen LogP contribution in [0.3, 0.4) is 0 Å². The molecule has 0 radical (unpaired) electrons. The third-order valence-corrected chi connectivity index (χ3v) is 4.23. The first kappa shape index (κ1) is 19.2. The Labute approximate surface area is 161 Å². The minimum Gasteiger partial charge on any atom is -0.497 e. The number of hydrogen-bond acceptors (Lipinski definition) is 5. The Balaban J connectivity index is 1.74. The molecule has 3 aromatic rings. The summed E-state index contributed by atoms with van der Waals surface area (Å²) in [6.45, 7) is 0. The maximum atomic E-state index is 12.7. The maximum absolute atomic E-state index is 12.7. The van der Waals surface area contributed by atoms with Gasteiger partial charge in [-0.2, -0.15) is 0 Å². The lowest BCUT2D eigenvalue weighted by Crippen LogP contribution is -2.32. The number of furan rings is 1. The third-order valence-electron chi connectivity index (χ3n) is 4.23. The molecule has 4 N–H and O–H groups in total. The number of amides is 1. The molecular formula is C21H20N2O5. The number of nitrogens with one attached hydrogen (secondary N) is 1. The van der Waals surface area contributed by atoms with E-state index < -0.39 is 12.0 Å². The topological polar surface area (TPSA) is 115 Å². The van der Waals surface area contributed by atoms with Gasteiger partial charge in [-0.05, 0) is 42.3 Å². The Bertz CT molecular complexity index is 978. The van der Waals surface area contributed by atoms with Crippen LogP contribution in [0.15, 0.2) is 65.3 Å². The Morgan fingerprint density at radius 3 is 2.61 bits per heavy atom. The van der Waals surface area contributed by atoms with E-state index in [0.717, 1.165) is 11.1 Å². The van der Waals surface area contributed by atoms with Crippen LogP contribution in [-0.2, 0) is 11.2 Å². The summed E-state index contributed by atoms with van der Waals surface area (Å²) in [7, 11) is 1.57. The van der Waals surface area contributed by atoms with Gasteiger partial charge < -0.3 is 25.3 Å². The van der Waals surface area contributed by atoms with Crippen molar-refractivity contribution in [2.24, 2.45) is 5.73 Å². The van der Waals surface area contributed by atoms with Gasteiger partial charge >= 0.3 is 5.97 Å². The van der Waals surface area contributed by atoms with Gasteiger partial charge in [0.1, 0.15) is 17.6 Å². The average Bonchev–Trinajstić information content (AvgIpc) is 3.19. The lowest BCUT2D eigenvalue weighted by Gasteiger charge is -2.09. The normalized spacial score (nSPS) is 11.6. The van der Waals surface area contributed by atoms with Crippen molar-refractivity contribution < 1.29 is 23.8 Å². The summed E-state index contributed by atoms with van der Waals surface area (Å²) < 4.78 is 10.7. The predicted molar refractivity (Wildman–Crippen MR) is 104 cm³/mol. The molecule has 1 heterocycles. The van der Waals surface area contributed by atoms with Crippen LogP contribution in [0.2, 0.25) is 0 Å². The molecule has 0 saturated heterocycles. The zero-order valence-corrected chi connectivity index (χ0v) is 15.2. The number of carbonyl (C=O) groups is 2. The van der Waals surface area contributed by atoms with Crippen molar-refractivity contribution >= 4 is 17.6 Å². The van der Waals surface area contributed by atoms with Crippen LogP contribution in [0, 0.1) is 0 Å². The molecule has 1 atom stereocenters. The van der Waals surface area contributed by atoms with E-state index in [1.54, 1.807) is 43.5 Å². The predicted octanol–water partition coefficient (Wildman–Crippen LogP) is 3.16. The van der Waals surface area contributed by atoms with Gasteiger partial charge in [0, 0.05) is 11.3 Å². The molecule has 0 aliphatic rings. The van der Waals surface area contributed by atoms with Gasteiger partial charge in [0.15, 0.2) is 0 Å². The molecule has 1 aromatic heterocycles. The average molecular weight is 380 g/mol. The highest BCUT2D eigenvalue weighted by atomic mass is 16.5. The van der Waals surface area contributed by atoms with E-state index in [1.807, 2.05) is 18.2 Å². The number of hydrogen-bond donors (Lipinski definition) is 3. The van der Waals surface area contributed by atoms with Crippen LogP contribution >= 0.6 is 0 Å². The first-order valence-corrected chi connectivity index (χ1v) is 8.58. The fourth-order valence-electron chi connectivity index (χ4n) is 2.74. The largest absolute Gasteiger partial charge is 0.497 e. The van der Waals surface area contributed by atoms with Crippen molar-refractivity contribution in [2.45, 2.75) is 12.5 Å². The monoisotopic (exact) mass is 380 g/mol. The van der Waals surface area contributed by atoms with E-state index in [-0.39, 0.29) is 12.3 Å². The number of anilines is 1. The molecule has 0 bridgehead atoms. The molecule has 7 nitrogen and oxygen atoms in total. The minimum atomic E-state index is -1.05. The fourth-order valence-corrected chi connectivity index (χ4v) is 2.74. The van der Waals surface area contributed by atoms with E-state index >= 15 is 0 Å². The second kappa shape index (κ2) is 8.41. The number of carboxylic acid groups (broad SMARTS) is 1. The zero-order valence-electron chi connectivity index (χ0n) is 15.2. The Morgan fingerprint density at radius 2 is 1.93 bits per heavy atom. The summed E-state index contributed by atoms with van der Waals surface area (Å²) in [4.78, 5) is 23.5. The van der Waals surface area contributed by atoms with E-state index in [2.05, 4.69) is 5.32 Å². The van der Waals surface area contributed by atoms with Crippen LogP contribution in [0.1, 0.15) is 15.9 Å². The van der Waals surface area contributed by atoms with Crippen LogP contribution in [0.5, 0.6) is 5.75 Å². The number of nitrogens with two attached hydrogens (primary N) is 1. The van der Waals surface area contributed by atoms with Crippen molar-refractivity contribution in [3.05, 3.63) is 72.0 Å². The molecule has 0 aliphatic heterocycles. The number of ether oxygens (including phenoxy) is 1. The van der Waals surface area contributed by atoms with E-state index in [1.165, 1.54) is 6.26 Å². The summed E-state index contributed by atoms with van der Waals surface area (Å²) in [5, 5.41) is 11.7. The molecule has 3 rings (SSSR count). The molecule has 0 aliphatic carbocycles. The van der Waals surface area contributed by atoms with Crippen molar-refractivity contribution in [1.82, 2.24) is 0 Å². The zero-order chi connectivity index (χ0) is 20.1. The Kier molecular flexibility index (Phi) is 5.76. The molecule has 0 fully saturated rings. The van der Waals surface area contributed by atoms with E-state index in [9.17, 15) is 9.59 Å². The number of carboxylic acids is 1. The maximum Gasteiger partial charge on any atom is 0.320 e. The van der Waals surface area contributed by atoms with Crippen molar-refractivity contribution in [2.75, 3.05) is 12.4 Å². The molecule has 0 spiro atoms. The quantitative estimate of drug-likeness (QED) is 0.580. The summed E-state index contributed by atoms with van der Waals surface area (Å²) in [5.41, 5.74) is 8.01. The smallest absolute Gasteiger partial charge is 0.320 e. The highest BCUT2D eigenvalue weighted by Gasteiger charge is 2.17. The van der Waals surface area contributed by atoms with Gasteiger partial charge in [0.05, 0.1) is 18.9 Å². The standard InChI is InChI=1S/C21H20N2O5/c1-27-16-4-2-3-14(12-16)19-17(9-10-28-19)20(24)23-15-7-5-13(6-8-15)11-18(22)21(25)26/h2-10,12,18H,11,22H2,1H3,(H,23,24)(H,25,26)/t18-/m0/s1. The minimum absolute atomic E-state index is 0.214.